The number of rotatable bonds is 8. The highest BCUT2D eigenvalue weighted by atomic mass is 16.6. The Morgan fingerprint density at radius 1 is 0.949 bits per heavy atom. The van der Waals surface area contributed by atoms with E-state index in [-0.39, 0.29) is 29.7 Å². The summed E-state index contributed by atoms with van der Waals surface area (Å²) in [5.41, 5.74) is 4.12. The van der Waals surface area contributed by atoms with Crippen molar-refractivity contribution in [1.82, 2.24) is 9.47 Å². The molecule has 0 radical (unpaired) electrons. The number of carbonyl (C=O) groups is 2. The molecular weight excluding hydrogens is 492 g/mol. The lowest BCUT2D eigenvalue weighted by Crippen LogP contribution is -2.47. The minimum absolute atomic E-state index is 0.113. The first-order valence-electron chi connectivity index (χ1n) is 13.1. The van der Waals surface area contributed by atoms with Crippen molar-refractivity contribution in [1.29, 1.82) is 0 Å². The number of hydrogen-bond donors (Lipinski definition) is 0. The molecule has 0 aliphatic carbocycles. The zero-order valence-corrected chi connectivity index (χ0v) is 22.0. The van der Waals surface area contributed by atoms with Crippen molar-refractivity contribution < 1.29 is 14.5 Å². The second-order valence-electron chi connectivity index (χ2n) is 9.71. The third-order valence-corrected chi connectivity index (χ3v) is 7.15. The molecule has 0 spiro atoms. The van der Waals surface area contributed by atoms with Gasteiger partial charge in [0.05, 0.1) is 22.0 Å². The molecule has 3 aromatic carbocycles. The largest absolute Gasteiger partial charge is 0.329 e. The Hall–Kier alpha value is -4.72. The van der Waals surface area contributed by atoms with Crippen LogP contribution in [0.25, 0.3) is 5.69 Å². The van der Waals surface area contributed by atoms with Crippen molar-refractivity contribution in [3.05, 3.63) is 124 Å². The van der Waals surface area contributed by atoms with Gasteiger partial charge in [0.1, 0.15) is 12.6 Å². The van der Waals surface area contributed by atoms with Crippen LogP contribution in [0.4, 0.5) is 11.4 Å². The van der Waals surface area contributed by atoms with Crippen molar-refractivity contribution in [3.63, 3.8) is 0 Å². The maximum absolute atomic E-state index is 14.2. The number of fused-ring (bicyclic) bond motifs is 3. The summed E-state index contributed by atoms with van der Waals surface area (Å²) in [6.07, 6.45) is 3.53. The van der Waals surface area contributed by atoms with E-state index in [1.807, 2.05) is 79.9 Å². The first-order chi connectivity index (χ1) is 18.9. The lowest BCUT2D eigenvalue weighted by Gasteiger charge is -2.39. The van der Waals surface area contributed by atoms with Gasteiger partial charge in [0.15, 0.2) is 0 Å². The van der Waals surface area contributed by atoms with Gasteiger partial charge < -0.3 is 9.47 Å². The normalized spacial score (nSPS) is 13.9. The second kappa shape index (κ2) is 10.9. The Kier molecular flexibility index (Phi) is 7.27. The maximum Gasteiger partial charge on any atom is 0.273 e. The number of carbonyl (C=O) groups excluding carboxylic acids is 2. The van der Waals surface area contributed by atoms with Crippen LogP contribution in [0.5, 0.6) is 0 Å². The molecule has 0 N–H and O–H groups in total. The fraction of sp³-hybridized carbons (Fsp3) is 0.226. The molecule has 2 amide bonds. The van der Waals surface area contributed by atoms with E-state index in [1.165, 1.54) is 11.0 Å². The van der Waals surface area contributed by atoms with Gasteiger partial charge >= 0.3 is 0 Å². The lowest BCUT2D eigenvalue weighted by molar-refractivity contribution is -0.385. The van der Waals surface area contributed by atoms with Gasteiger partial charge in [0, 0.05) is 29.9 Å². The molecule has 1 unspecified atom stereocenters. The van der Waals surface area contributed by atoms with E-state index in [4.69, 9.17) is 0 Å². The fourth-order valence-electron chi connectivity index (χ4n) is 5.18. The number of unbranched alkanes of at least 4 members (excludes halogenated alkanes) is 1. The quantitative estimate of drug-likeness (QED) is 0.207. The molecule has 0 saturated carbocycles. The Morgan fingerprint density at radius 3 is 2.38 bits per heavy atom. The number of amides is 2. The highest BCUT2D eigenvalue weighted by molar-refractivity contribution is 6.03. The molecule has 2 heterocycles. The summed E-state index contributed by atoms with van der Waals surface area (Å²) < 4.78 is 2.10. The molecule has 0 bridgehead atoms. The minimum Gasteiger partial charge on any atom is -0.329 e. The second-order valence-corrected chi connectivity index (χ2v) is 9.71. The summed E-state index contributed by atoms with van der Waals surface area (Å²) in [6.45, 7) is 3.86. The molecule has 1 aliphatic heterocycles. The van der Waals surface area contributed by atoms with Crippen LogP contribution in [-0.4, -0.2) is 39.3 Å². The number of aromatic nitrogens is 1. The van der Waals surface area contributed by atoms with Crippen LogP contribution in [0, 0.1) is 17.0 Å². The van der Waals surface area contributed by atoms with Gasteiger partial charge in [0.25, 0.3) is 11.6 Å². The summed E-state index contributed by atoms with van der Waals surface area (Å²) in [6, 6.07) is 25.7. The van der Waals surface area contributed by atoms with Gasteiger partial charge in [-0.1, -0.05) is 61.9 Å². The number of anilines is 1. The molecule has 1 aliphatic rings. The van der Waals surface area contributed by atoms with E-state index >= 15 is 0 Å². The van der Waals surface area contributed by atoms with E-state index in [0.717, 1.165) is 29.1 Å². The van der Waals surface area contributed by atoms with E-state index < -0.39 is 10.8 Å². The highest BCUT2D eigenvalue weighted by Gasteiger charge is 2.37. The third-order valence-electron chi connectivity index (χ3n) is 7.15. The zero-order chi connectivity index (χ0) is 27.5. The predicted molar refractivity (Wildman–Crippen MR) is 150 cm³/mol. The Morgan fingerprint density at radius 2 is 1.67 bits per heavy atom. The molecule has 8 heteroatoms. The monoisotopic (exact) mass is 522 g/mol. The first kappa shape index (κ1) is 25.9. The molecule has 5 rings (SSSR count). The van der Waals surface area contributed by atoms with Crippen molar-refractivity contribution in [2.45, 2.75) is 32.7 Å². The van der Waals surface area contributed by atoms with Crippen LogP contribution in [0.3, 0.4) is 0 Å². The van der Waals surface area contributed by atoms with Crippen molar-refractivity contribution in [3.8, 4) is 5.69 Å². The van der Waals surface area contributed by atoms with Crippen LogP contribution in [0.15, 0.2) is 91.1 Å². The summed E-state index contributed by atoms with van der Waals surface area (Å²) >= 11 is 0. The molecule has 8 nitrogen and oxygen atoms in total. The zero-order valence-electron chi connectivity index (χ0n) is 22.0. The lowest BCUT2D eigenvalue weighted by atomic mass is 9.97. The van der Waals surface area contributed by atoms with Gasteiger partial charge in [-0.05, 0) is 49.2 Å². The average Bonchev–Trinajstić information content (AvgIpc) is 3.44. The molecule has 0 fully saturated rings. The summed E-state index contributed by atoms with van der Waals surface area (Å²) in [5.74, 6) is -0.625. The summed E-state index contributed by atoms with van der Waals surface area (Å²) in [5, 5.41) is 11.5. The van der Waals surface area contributed by atoms with Crippen molar-refractivity contribution in [2.24, 2.45) is 0 Å². The van der Waals surface area contributed by atoms with Crippen LogP contribution >= 0.6 is 0 Å². The number of benzene rings is 3. The maximum atomic E-state index is 14.2. The van der Waals surface area contributed by atoms with Crippen LogP contribution in [0.1, 0.15) is 53.0 Å². The molecule has 198 valence electrons. The smallest absolute Gasteiger partial charge is 0.273 e. The van der Waals surface area contributed by atoms with E-state index in [2.05, 4.69) is 4.57 Å². The van der Waals surface area contributed by atoms with Gasteiger partial charge in [-0.25, -0.2) is 0 Å². The molecule has 39 heavy (non-hydrogen) atoms. The highest BCUT2D eigenvalue weighted by Crippen LogP contribution is 2.42. The van der Waals surface area contributed by atoms with E-state index in [0.29, 0.717) is 18.5 Å². The molecule has 1 aromatic heterocycles. The molecule has 4 aromatic rings. The third kappa shape index (κ3) is 4.93. The van der Waals surface area contributed by atoms with Crippen LogP contribution in [-0.2, 0) is 4.79 Å². The summed E-state index contributed by atoms with van der Waals surface area (Å²) in [7, 11) is 0. The predicted octanol–water partition coefficient (Wildman–Crippen LogP) is 6.07. The number of nitrogens with zero attached hydrogens (tertiary/aromatic N) is 4. The van der Waals surface area contributed by atoms with Crippen molar-refractivity contribution in [2.75, 3.05) is 18.0 Å². The van der Waals surface area contributed by atoms with E-state index in [9.17, 15) is 19.7 Å². The molecule has 0 saturated heterocycles. The van der Waals surface area contributed by atoms with Crippen LogP contribution in [0.2, 0.25) is 0 Å². The number of nitro groups is 1. The topological polar surface area (TPSA) is 88.7 Å². The SMILES string of the molecule is CCCCN(CC(=O)N1c2ccccc2-n2cccc2C1c1ccccc1)C(=O)c1ccc(C)c([N+](=O)[O-])c1. The first-order valence-corrected chi connectivity index (χ1v) is 13.1. The molecular formula is C31H30N4O4. The Balaban J connectivity index is 1.54. The molecule has 1 atom stereocenters. The van der Waals surface area contributed by atoms with E-state index in [1.54, 1.807) is 24.0 Å². The number of aryl methyl sites for hydroxylation is 1. The van der Waals surface area contributed by atoms with Crippen LogP contribution < -0.4 is 4.90 Å². The Bertz CT molecular complexity index is 1530. The minimum atomic E-state index is -0.488. The van der Waals surface area contributed by atoms with Gasteiger partial charge in [0.2, 0.25) is 5.91 Å². The van der Waals surface area contributed by atoms with Gasteiger partial charge in [-0.2, -0.15) is 0 Å². The fourth-order valence-corrected chi connectivity index (χ4v) is 5.18. The number of hydrogen-bond acceptors (Lipinski definition) is 4. The van der Waals surface area contributed by atoms with Crippen molar-refractivity contribution >= 4 is 23.2 Å². The summed E-state index contributed by atoms with van der Waals surface area (Å²) in [4.78, 5) is 42.2. The average molecular weight is 523 g/mol. The van der Waals surface area contributed by atoms with Gasteiger partial charge in [-0.15, -0.1) is 0 Å². The van der Waals surface area contributed by atoms with Gasteiger partial charge in [-0.3, -0.25) is 24.6 Å². The standard InChI is InChI=1S/C31H30N4O4/c1-3-4-18-32(31(37)24-17-16-22(2)28(20-24)35(38)39)21-29(36)34-26-14-9-8-13-25(26)33-19-10-15-27(33)30(34)23-11-6-5-7-12-23/h5-17,19-20,30H,3-4,18,21H2,1-2H3. The number of para-hydroxylation sites is 2. The number of nitro benzene ring substituents is 1. The Labute approximate surface area is 227 Å².